The molecule has 1 aliphatic heterocycles. The predicted molar refractivity (Wildman–Crippen MR) is 75.6 cm³/mol. The Balaban J connectivity index is 1.74. The summed E-state index contributed by atoms with van der Waals surface area (Å²) in [6.45, 7) is 2.80. The van der Waals surface area contributed by atoms with Crippen LogP contribution in [0.3, 0.4) is 0 Å². The molecule has 0 spiro atoms. The summed E-state index contributed by atoms with van der Waals surface area (Å²) in [6.07, 6.45) is 9.01. The second-order valence-electron chi connectivity index (χ2n) is 5.84. The number of carbonyl (C=O) groups is 1. The highest BCUT2D eigenvalue weighted by Gasteiger charge is 2.27. The van der Waals surface area contributed by atoms with Crippen molar-refractivity contribution in [2.45, 2.75) is 32.2 Å². The zero-order valence-corrected chi connectivity index (χ0v) is 11.9. The minimum Gasteiger partial charge on any atom is -0.476 e. The molecule has 5 heteroatoms. The molecule has 1 aromatic rings. The Kier molecular flexibility index (Phi) is 3.61. The Morgan fingerprint density at radius 2 is 2.35 bits per heavy atom. The quantitative estimate of drug-likeness (QED) is 0.855. The first-order valence-electron chi connectivity index (χ1n) is 7.30. The molecule has 2 aliphatic rings. The Hall–Kier alpha value is -1.62. The highest BCUT2D eigenvalue weighted by Crippen LogP contribution is 2.25. The van der Waals surface area contributed by atoms with Crippen LogP contribution in [-0.4, -0.2) is 38.8 Å². The van der Waals surface area contributed by atoms with Crippen LogP contribution in [0.2, 0.25) is 0 Å². The van der Waals surface area contributed by atoms with Gasteiger partial charge in [-0.05, 0) is 25.2 Å². The van der Waals surface area contributed by atoms with E-state index in [-0.39, 0.29) is 5.69 Å². The van der Waals surface area contributed by atoms with Gasteiger partial charge >= 0.3 is 5.97 Å². The summed E-state index contributed by atoms with van der Waals surface area (Å²) in [6, 6.07) is 0. The molecule has 0 aromatic carbocycles. The lowest BCUT2D eigenvalue weighted by atomic mass is 9.93. The van der Waals surface area contributed by atoms with Crippen LogP contribution in [0.4, 0.5) is 0 Å². The van der Waals surface area contributed by atoms with Crippen molar-refractivity contribution in [3.8, 4) is 0 Å². The molecule has 5 nitrogen and oxygen atoms in total. The molecule has 0 radical (unpaired) electrons. The van der Waals surface area contributed by atoms with Gasteiger partial charge in [0, 0.05) is 44.4 Å². The molecule has 0 bridgehead atoms. The standard InChI is InChI=1S/C15H21N3O2/c1-17-13-7-8-18(9-11-5-3-2-4-6-11)10-12(13)14(16-17)15(19)20/h2-3,11H,4-10H2,1H3,(H,19,20). The second-order valence-corrected chi connectivity index (χ2v) is 5.84. The lowest BCUT2D eigenvalue weighted by Crippen LogP contribution is -2.35. The van der Waals surface area contributed by atoms with E-state index in [1.165, 1.54) is 12.8 Å². The van der Waals surface area contributed by atoms with E-state index in [1.807, 2.05) is 7.05 Å². The molecule has 1 N–H and O–H groups in total. The first-order chi connectivity index (χ1) is 9.65. The monoisotopic (exact) mass is 275 g/mol. The van der Waals surface area contributed by atoms with Crippen LogP contribution < -0.4 is 0 Å². The van der Waals surface area contributed by atoms with Gasteiger partial charge in [-0.2, -0.15) is 5.10 Å². The number of hydrogen-bond acceptors (Lipinski definition) is 3. The predicted octanol–water partition coefficient (Wildman–Crippen LogP) is 1.83. The van der Waals surface area contributed by atoms with Gasteiger partial charge in [-0.1, -0.05) is 12.2 Å². The molecule has 1 atom stereocenters. The van der Waals surface area contributed by atoms with E-state index in [0.717, 1.165) is 43.7 Å². The summed E-state index contributed by atoms with van der Waals surface area (Å²) in [4.78, 5) is 13.7. The summed E-state index contributed by atoms with van der Waals surface area (Å²) < 4.78 is 1.74. The normalized spacial score (nSPS) is 22.8. The smallest absolute Gasteiger partial charge is 0.356 e. The van der Waals surface area contributed by atoms with Gasteiger partial charge in [-0.25, -0.2) is 4.79 Å². The molecule has 0 saturated carbocycles. The number of aryl methyl sites for hydroxylation is 1. The van der Waals surface area contributed by atoms with E-state index in [1.54, 1.807) is 4.68 Å². The van der Waals surface area contributed by atoms with Gasteiger partial charge in [0.2, 0.25) is 0 Å². The fourth-order valence-corrected chi connectivity index (χ4v) is 3.36. The fourth-order valence-electron chi connectivity index (χ4n) is 3.36. The van der Waals surface area contributed by atoms with Crippen molar-refractivity contribution in [3.05, 3.63) is 29.1 Å². The number of nitrogens with zero attached hydrogens (tertiary/aromatic N) is 3. The maximum absolute atomic E-state index is 11.3. The highest BCUT2D eigenvalue weighted by molar-refractivity contribution is 5.87. The number of carboxylic acids is 1. The summed E-state index contributed by atoms with van der Waals surface area (Å²) in [5.41, 5.74) is 2.23. The fraction of sp³-hybridized carbons (Fsp3) is 0.600. The molecule has 1 aromatic heterocycles. The van der Waals surface area contributed by atoms with Gasteiger partial charge in [0.15, 0.2) is 5.69 Å². The van der Waals surface area contributed by atoms with Crippen LogP contribution in [0.15, 0.2) is 12.2 Å². The Morgan fingerprint density at radius 3 is 3.05 bits per heavy atom. The lowest BCUT2D eigenvalue weighted by molar-refractivity contribution is 0.0686. The molecule has 108 valence electrons. The molecular weight excluding hydrogens is 254 g/mol. The van der Waals surface area contributed by atoms with E-state index in [9.17, 15) is 9.90 Å². The second kappa shape index (κ2) is 5.40. The molecular formula is C15H21N3O2. The number of carboxylic acid groups (broad SMARTS) is 1. The third kappa shape index (κ3) is 2.50. The molecule has 0 amide bonds. The summed E-state index contributed by atoms with van der Waals surface area (Å²) >= 11 is 0. The van der Waals surface area contributed by atoms with E-state index in [4.69, 9.17) is 0 Å². The summed E-state index contributed by atoms with van der Waals surface area (Å²) in [7, 11) is 1.84. The van der Waals surface area contributed by atoms with Crippen LogP contribution in [0.1, 0.15) is 41.0 Å². The SMILES string of the molecule is Cn1nc(C(=O)O)c2c1CCN(CC1CC=CCC1)C2. The van der Waals surface area contributed by atoms with Crippen molar-refractivity contribution in [1.29, 1.82) is 0 Å². The van der Waals surface area contributed by atoms with Crippen molar-refractivity contribution in [2.24, 2.45) is 13.0 Å². The maximum Gasteiger partial charge on any atom is 0.356 e. The number of hydrogen-bond donors (Lipinski definition) is 1. The molecule has 2 heterocycles. The average molecular weight is 275 g/mol. The topological polar surface area (TPSA) is 58.4 Å². The van der Waals surface area contributed by atoms with Crippen LogP contribution in [0, 0.1) is 5.92 Å². The minimum absolute atomic E-state index is 0.232. The number of aromatic nitrogens is 2. The van der Waals surface area contributed by atoms with Gasteiger partial charge in [-0.3, -0.25) is 9.58 Å². The largest absolute Gasteiger partial charge is 0.476 e. The first kappa shape index (κ1) is 13.4. The van der Waals surface area contributed by atoms with Crippen molar-refractivity contribution < 1.29 is 9.90 Å². The molecule has 1 unspecified atom stereocenters. The van der Waals surface area contributed by atoms with Gasteiger partial charge < -0.3 is 5.11 Å². The molecule has 20 heavy (non-hydrogen) atoms. The van der Waals surface area contributed by atoms with Crippen LogP contribution in [0.25, 0.3) is 0 Å². The third-order valence-corrected chi connectivity index (χ3v) is 4.42. The molecule has 1 aliphatic carbocycles. The number of rotatable bonds is 3. The first-order valence-corrected chi connectivity index (χ1v) is 7.30. The van der Waals surface area contributed by atoms with Gasteiger partial charge in [0.05, 0.1) is 0 Å². The Morgan fingerprint density at radius 1 is 1.50 bits per heavy atom. The lowest BCUT2D eigenvalue weighted by Gasteiger charge is -2.31. The third-order valence-electron chi connectivity index (χ3n) is 4.42. The number of allylic oxidation sites excluding steroid dienone is 2. The van der Waals surface area contributed by atoms with Crippen molar-refractivity contribution in [3.63, 3.8) is 0 Å². The average Bonchev–Trinajstić information content (AvgIpc) is 2.77. The van der Waals surface area contributed by atoms with E-state index < -0.39 is 5.97 Å². The zero-order valence-electron chi connectivity index (χ0n) is 11.9. The van der Waals surface area contributed by atoms with Crippen LogP contribution in [-0.2, 0) is 20.0 Å². The van der Waals surface area contributed by atoms with Crippen LogP contribution >= 0.6 is 0 Å². The number of aromatic carboxylic acids is 1. The number of fused-ring (bicyclic) bond motifs is 1. The van der Waals surface area contributed by atoms with E-state index in [0.29, 0.717) is 5.92 Å². The van der Waals surface area contributed by atoms with E-state index in [2.05, 4.69) is 22.2 Å². The van der Waals surface area contributed by atoms with E-state index >= 15 is 0 Å². The highest BCUT2D eigenvalue weighted by atomic mass is 16.4. The maximum atomic E-state index is 11.3. The summed E-state index contributed by atoms with van der Waals surface area (Å²) in [5, 5.41) is 13.4. The van der Waals surface area contributed by atoms with Gasteiger partial charge in [0.1, 0.15) is 0 Å². The van der Waals surface area contributed by atoms with Crippen molar-refractivity contribution in [2.75, 3.05) is 13.1 Å². The molecule has 0 saturated heterocycles. The molecule has 3 rings (SSSR count). The van der Waals surface area contributed by atoms with Crippen molar-refractivity contribution in [1.82, 2.24) is 14.7 Å². The molecule has 0 fully saturated rings. The van der Waals surface area contributed by atoms with Gasteiger partial charge in [-0.15, -0.1) is 0 Å². The van der Waals surface area contributed by atoms with Crippen molar-refractivity contribution >= 4 is 5.97 Å². The van der Waals surface area contributed by atoms with Gasteiger partial charge in [0.25, 0.3) is 0 Å². The van der Waals surface area contributed by atoms with Crippen LogP contribution in [0.5, 0.6) is 0 Å². The Bertz CT molecular complexity index is 548. The Labute approximate surface area is 118 Å². The summed E-state index contributed by atoms with van der Waals surface area (Å²) in [5.74, 6) is -0.198. The minimum atomic E-state index is -0.913. The zero-order chi connectivity index (χ0) is 14.1.